The first-order valence-corrected chi connectivity index (χ1v) is 8.97. The highest BCUT2D eigenvalue weighted by atomic mass is 16.2. The molecule has 2 fully saturated rings. The van der Waals surface area contributed by atoms with Crippen molar-refractivity contribution in [1.82, 2.24) is 29.9 Å². The van der Waals surface area contributed by atoms with Crippen molar-refractivity contribution in [2.45, 2.75) is 12.8 Å². The summed E-state index contributed by atoms with van der Waals surface area (Å²) in [5.74, 6) is 1.38. The number of carbonyl (C=O) groups excluding carboxylic acids is 1. The molecule has 1 amide bonds. The minimum atomic E-state index is 0.276. The van der Waals surface area contributed by atoms with Crippen LogP contribution < -0.4 is 4.90 Å². The smallest absolute Gasteiger partial charge is 0.225 e. The molecule has 2 aromatic heterocycles. The number of carbonyl (C=O) groups is 1. The molecule has 1 saturated carbocycles. The summed E-state index contributed by atoms with van der Waals surface area (Å²) in [7, 11) is 0. The number of benzene rings is 1. The lowest BCUT2D eigenvalue weighted by Gasteiger charge is -2.35. The second-order valence-electron chi connectivity index (χ2n) is 6.79. The van der Waals surface area contributed by atoms with Crippen LogP contribution in [0.2, 0.25) is 0 Å². The van der Waals surface area contributed by atoms with Crippen molar-refractivity contribution in [2.24, 2.45) is 5.92 Å². The average molecular weight is 349 g/mol. The van der Waals surface area contributed by atoms with E-state index in [9.17, 15) is 4.79 Å². The lowest BCUT2D eigenvalue weighted by Crippen LogP contribution is -2.49. The molecule has 0 bridgehead atoms. The number of anilines is 1. The Morgan fingerprint density at radius 3 is 2.50 bits per heavy atom. The van der Waals surface area contributed by atoms with Gasteiger partial charge in [-0.05, 0) is 25.0 Å². The van der Waals surface area contributed by atoms with E-state index in [-0.39, 0.29) is 5.92 Å². The molecule has 5 rings (SSSR count). The van der Waals surface area contributed by atoms with E-state index < -0.39 is 0 Å². The van der Waals surface area contributed by atoms with Gasteiger partial charge in [0.15, 0.2) is 17.0 Å². The van der Waals surface area contributed by atoms with Gasteiger partial charge in [0, 0.05) is 32.1 Å². The maximum atomic E-state index is 12.2. The fraction of sp³-hybridized carbons (Fsp3) is 0.389. The van der Waals surface area contributed by atoms with Crippen LogP contribution in [-0.2, 0) is 4.79 Å². The maximum Gasteiger partial charge on any atom is 0.225 e. The van der Waals surface area contributed by atoms with Gasteiger partial charge in [-0.1, -0.05) is 23.4 Å². The molecular formula is C18H19N7O. The lowest BCUT2D eigenvalue weighted by atomic mass is 10.2. The Kier molecular flexibility index (Phi) is 3.55. The molecule has 8 nitrogen and oxygen atoms in total. The van der Waals surface area contributed by atoms with E-state index in [2.05, 4.69) is 25.2 Å². The van der Waals surface area contributed by atoms with Gasteiger partial charge in [0.2, 0.25) is 5.91 Å². The molecule has 0 N–H and O–H groups in total. The molecule has 1 aromatic carbocycles. The number of hydrogen-bond acceptors (Lipinski definition) is 6. The molecule has 0 spiro atoms. The van der Waals surface area contributed by atoms with Gasteiger partial charge < -0.3 is 9.80 Å². The molecule has 0 radical (unpaired) electrons. The Hall–Kier alpha value is -3.03. The zero-order valence-electron chi connectivity index (χ0n) is 14.3. The van der Waals surface area contributed by atoms with E-state index >= 15 is 0 Å². The van der Waals surface area contributed by atoms with Gasteiger partial charge in [0.05, 0.1) is 5.69 Å². The third kappa shape index (κ3) is 2.58. The van der Waals surface area contributed by atoms with Crippen LogP contribution in [0.25, 0.3) is 16.9 Å². The van der Waals surface area contributed by atoms with Gasteiger partial charge >= 0.3 is 0 Å². The molecular weight excluding hydrogens is 330 g/mol. The predicted octanol–water partition coefficient (Wildman–Crippen LogP) is 1.27. The molecule has 8 heteroatoms. The van der Waals surface area contributed by atoms with Crippen LogP contribution in [-0.4, -0.2) is 61.9 Å². The number of amides is 1. The van der Waals surface area contributed by atoms with E-state index in [1.165, 1.54) is 0 Å². The van der Waals surface area contributed by atoms with Crippen molar-refractivity contribution in [3.8, 4) is 5.69 Å². The summed E-state index contributed by atoms with van der Waals surface area (Å²) in [6, 6.07) is 9.82. The van der Waals surface area contributed by atoms with Crippen molar-refractivity contribution in [3.63, 3.8) is 0 Å². The van der Waals surface area contributed by atoms with Crippen LogP contribution in [0.15, 0.2) is 36.7 Å². The van der Waals surface area contributed by atoms with Gasteiger partial charge in [0.25, 0.3) is 0 Å². The molecule has 0 atom stereocenters. The van der Waals surface area contributed by atoms with Gasteiger partial charge in [0.1, 0.15) is 6.33 Å². The summed E-state index contributed by atoms with van der Waals surface area (Å²) < 4.78 is 1.73. The van der Waals surface area contributed by atoms with Gasteiger partial charge in [-0.15, -0.1) is 5.10 Å². The zero-order valence-corrected chi connectivity index (χ0v) is 14.3. The van der Waals surface area contributed by atoms with E-state index in [4.69, 9.17) is 0 Å². The highest BCUT2D eigenvalue weighted by Crippen LogP contribution is 2.31. The molecule has 2 aliphatic rings. The second kappa shape index (κ2) is 6.05. The average Bonchev–Trinajstić information content (AvgIpc) is 3.46. The van der Waals surface area contributed by atoms with Crippen LogP contribution in [0, 0.1) is 5.92 Å². The molecule has 26 heavy (non-hydrogen) atoms. The van der Waals surface area contributed by atoms with Crippen molar-refractivity contribution in [3.05, 3.63) is 36.7 Å². The number of para-hydroxylation sites is 1. The normalized spacial score (nSPS) is 17.7. The van der Waals surface area contributed by atoms with Crippen molar-refractivity contribution in [2.75, 3.05) is 31.1 Å². The number of hydrogen-bond donors (Lipinski definition) is 0. The molecule has 1 aliphatic carbocycles. The highest BCUT2D eigenvalue weighted by molar-refractivity contribution is 5.84. The van der Waals surface area contributed by atoms with Crippen LogP contribution >= 0.6 is 0 Å². The van der Waals surface area contributed by atoms with Crippen molar-refractivity contribution in [1.29, 1.82) is 0 Å². The first kappa shape index (κ1) is 15.2. The first-order valence-electron chi connectivity index (χ1n) is 8.97. The Balaban J connectivity index is 1.41. The van der Waals surface area contributed by atoms with Gasteiger partial charge in [-0.25, -0.2) is 9.97 Å². The first-order chi connectivity index (χ1) is 12.8. The topological polar surface area (TPSA) is 80.0 Å². The quantitative estimate of drug-likeness (QED) is 0.708. The lowest BCUT2D eigenvalue weighted by molar-refractivity contribution is -0.132. The van der Waals surface area contributed by atoms with Crippen LogP contribution in [0.4, 0.5) is 5.82 Å². The van der Waals surface area contributed by atoms with E-state index in [1.807, 2.05) is 35.2 Å². The fourth-order valence-corrected chi connectivity index (χ4v) is 3.44. The van der Waals surface area contributed by atoms with E-state index in [0.29, 0.717) is 17.1 Å². The summed E-state index contributed by atoms with van der Waals surface area (Å²) >= 11 is 0. The van der Waals surface area contributed by atoms with Crippen molar-refractivity contribution < 1.29 is 4.79 Å². The number of piperazine rings is 1. The number of fused-ring (bicyclic) bond motifs is 1. The number of rotatable bonds is 3. The molecule has 132 valence electrons. The summed E-state index contributed by atoms with van der Waals surface area (Å²) in [5.41, 5.74) is 2.30. The van der Waals surface area contributed by atoms with Crippen LogP contribution in [0.5, 0.6) is 0 Å². The van der Waals surface area contributed by atoms with Crippen molar-refractivity contribution >= 4 is 22.9 Å². The predicted molar refractivity (Wildman–Crippen MR) is 96.0 cm³/mol. The summed E-state index contributed by atoms with van der Waals surface area (Å²) in [5, 5.41) is 8.60. The third-order valence-corrected chi connectivity index (χ3v) is 5.04. The minimum absolute atomic E-state index is 0.276. The molecule has 1 aliphatic heterocycles. The largest absolute Gasteiger partial charge is 0.351 e. The van der Waals surface area contributed by atoms with Gasteiger partial charge in [-0.3, -0.25) is 4.79 Å². The Morgan fingerprint density at radius 2 is 1.77 bits per heavy atom. The fourth-order valence-electron chi connectivity index (χ4n) is 3.44. The minimum Gasteiger partial charge on any atom is -0.351 e. The maximum absolute atomic E-state index is 12.2. The van der Waals surface area contributed by atoms with E-state index in [1.54, 1.807) is 11.0 Å². The van der Waals surface area contributed by atoms with Crippen LogP contribution in [0.1, 0.15) is 12.8 Å². The highest BCUT2D eigenvalue weighted by Gasteiger charge is 2.35. The summed E-state index contributed by atoms with van der Waals surface area (Å²) in [6.45, 7) is 2.97. The number of aromatic nitrogens is 5. The Labute approximate surface area is 150 Å². The molecule has 3 heterocycles. The summed E-state index contributed by atoms with van der Waals surface area (Å²) in [4.78, 5) is 25.2. The molecule has 0 unspecified atom stereocenters. The standard InChI is InChI=1S/C18H19N7O/c26-18(13-6-7-13)24-10-8-23(9-11-24)16-15-17(20-12-19-16)25(22-21-15)14-4-2-1-3-5-14/h1-5,12-13H,6-11H2. The number of nitrogens with zero attached hydrogens (tertiary/aromatic N) is 7. The zero-order chi connectivity index (χ0) is 17.5. The van der Waals surface area contributed by atoms with E-state index in [0.717, 1.165) is 50.5 Å². The van der Waals surface area contributed by atoms with Gasteiger partial charge in [-0.2, -0.15) is 4.68 Å². The summed E-state index contributed by atoms with van der Waals surface area (Å²) in [6.07, 6.45) is 3.66. The Morgan fingerprint density at radius 1 is 1.00 bits per heavy atom. The SMILES string of the molecule is O=C(C1CC1)N1CCN(c2ncnc3c2nnn3-c2ccccc2)CC1. The monoisotopic (exact) mass is 349 g/mol. The molecule has 3 aromatic rings. The Bertz CT molecular complexity index is 943. The second-order valence-corrected chi connectivity index (χ2v) is 6.79. The van der Waals surface area contributed by atoms with Crippen LogP contribution in [0.3, 0.4) is 0 Å². The third-order valence-electron chi connectivity index (χ3n) is 5.04. The molecule has 1 saturated heterocycles.